The number of anilines is 6. The van der Waals surface area contributed by atoms with Crippen molar-refractivity contribution in [3.05, 3.63) is 199 Å². The number of hydrogen-bond donors (Lipinski definition) is 0. The van der Waals surface area contributed by atoms with E-state index in [2.05, 4.69) is 239 Å². The van der Waals surface area contributed by atoms with E-state index in [-0.39, 0.29) is 17.5 Å². The molecule has 0 bridgehead atoms. The van der Waals surface area contributed by atoms with Gasteiger partial charge in [0.25, 0.3) is 6.71 Å². The zero-order chi connectivity index (χ0) is 45.3. The van der Waals surface area contributed by atoms with Crippen molar-refractivity contribution in [3.63, 3.8) is 0 Å². The first-order valence-electron chi connectivity index (χ1n) is 23.5. The first-order valence-corrected chi connectivity index (χ1v) is 25.2. The Labute approximate surface area is 401 Å². The number of rotatable bonds is 4. The van der Waals surface area contributed by atoms with Crippen LogP contribution >= 0.6 is 22.7 Å². The van der Waals surface area contributed by atoms with Gasteiger partial charge in [-0.1, -0.05) is 169 Å². The molecule has 2 aliphatic heterocycles. The molecule has 67 heavy (non-hydrogen) atoms. The van der Waals surface area contributed by atoms with Gasteiger partial charge in [0.1, 0.15) is 0 Å². The summed E-state index contributed by atoms with van der Waals surface area (Å²) in [6, 6.07) is 71.4. The lowest BCUT2D eigenvalue weighted by molar-refractivity contribution is 0.590. The van der Waals surface area contributed by atoms with Crippen molar-refractivity contribution in [2.45, 2.75) is 52.4 Å². The van der Waals surface area contributed by atoms with Crippen LogP contribution in [-0.2, 0) is 10.8 Å². The van der Waals surface area contributed by atoms with Crippen LogP contribution in [0.3, 0.4) is 0 Å². The Morgan fingerprint density at radius 2 is 0.791 bits per heavy atom. The smallest absolute Gasteiger partial charge is 0.252 e. The minimum absolute atomic E-state index is 0.0271. The lowest BCUT2D eigenvalue weighted by Gasteiger charge is -2.45. The van der Waals surface area contributed by atoms with E-state index in [1.807, 2.05) is 22.7 Å². The molecular weight excluding hydrogens is 848 g/mol. The highest BCUT2D eigenvalue weighted by Gasteiger charge is 2.44. The van der Waals surface area contributed by atoms with E-state index in [0.717, 1.165) is 11.4 Å². The van der Waals surface area contributed by atoms with Gasteiger partial charge >= 0.3 is 0 Å². The van der Waals surface area contributed by atoms with Crippen molar-refractivity contribution in [2.75, 3.05) is 9.80 Å². The van der Waals surface area contributed by atoms with Crippen molar-refractivity contribution >= 4 is 120 Å². The maximum absolute atomic E-state index is 2.56. The SMILES string of the molecule is CC(C)(C)c1ccc2c(c1)B1c3cc(C(C)(C)C)ccc3N(c3cccc(-c4cccc5c4sc4ccccc45)c3)c3cccc(c31)N2c1cccc(-c2cccc3c2sc2ccccc23)c1. The molecule has 0 fully saturated rings. The highest BCUT2D eigenvalue weighted by Crippen LogP contribution is 2.48. The third-order valence-corrected chi connectivity index (χ3v) is 16.8. The molecule has 0 saturated heterocycles. The second kappa shape index (κ2) is 14.8. The van der Waals surface area contributed by atoms with Gasteiger partial charge in [0.05, 0.1) is 0 Å². The average molecular weight is 897 g/mol. The third-order valence-electron chi connectivity index (χ3n) is 14.4. The molecule has 2 aromatic heterocycles. The summed E-state index contributed by atoms with van der Waals surface area (Å²) in [5.74, 6) is 0. The lowest BCUT2D eigenvalue weighted by Crippen LogP contribution is -2.61. The monoisotopic (exact) mass is 896 g/mol. The Hall–Kier alpha value is -6.92. The lowest BCUT2D eigenvalue weighted by atomic mass is 9.33. The van der Waals surface area contributed by atoms with Crippen LogP contribution in [0.1, 0.15) is 52.7 Å². The van der Waals surface area contributed by atoms with E-state index in [9.17, 15) is 0 Å². The molecule has 13 rings (SSSR count). The Kier molecular flexibility index (Phi) is 8.91. The van der Waals surface area contributed by atoms with Gasteiger partial charge in [-0.15, -0.1) is 22.7 Å². The molecule has 9 aromatic carbocycles. The van der Waals surface area contributed by atoms with Crippen LogP contribution in [-0.4, -0.2) is 6.71 Å². The van der Waals surface area contributed by atoms with Crippen LogP contribution < -0.4 is 26.2 Å². The quantitative estimate of drug-likeness (QED) is 0.162. The van der Waals surface area contributed by atoms with Gasteiger partial charge in [-0.3, -0.25) is 0 Å². The van der Waals surface area contributed by atoms with E-state index < -0.39 is 0 Å². The largest absolute Gasteiger partial charge is 0.311 e. The molecule has 322 valence electrons. The molecule has 0 amide bonds. The van der Waals surface area contributed by atoms with Gasteiger partial charge in [0.15, 0.2) is 0 Å². The number of benzene rings is 9. The van der Waals surface area contributed by atoms with Crippen molar-refractivity contribution in [1.82, 2.24) is 0 Å². The second-order valence-corrected chi connectivity index (χ2v) is 22.6. The minimum Gasteiger partial charge on any atom is -0.311 e. The Morgan fingerprint density at radius 3 is 1.25 bits per heavy atom. The summed E-state index contributed by atoms with van der Waals surface area (Å²) in [6.07, 6.45) is 0. The van der Waals surface area contributed by atoms with Gasteiger partial charge in [0, 0.05) is 74.5 Å². The Balaban J connectivity index is 1.04. The molecule has 0 unspecified atom stereocenters. The fourth-order valence-corrected chi connectivity index (χ4v) is 13.5. The normalized spacial score (nSPS) is 13.4. The van der Waals surface area contributed by atoms with Gasteiger partial charge in [0.2, 0.25) is 0 Å². The summed E-state index contributed by atoms with van der Waals surface area (Å²) in [7, 11) is 0. The van der Waals surface area contributed by atoms with E-state index >= 15 is 0 Å². The summed E-state index contributed by atoms with van der Waals surface area (Å²) >= 11 is 3.79. The number of hydrogen-bond acceptors (Lipinski definition) is 4. The fraction of sp³-hybridized carbons (Fsp3) is 0.129. The molecule has 4 heterocycles. The molecule has 0 N–H and O–H groups in total. The van der Waals surface area contributed by atoms with Crippen LogP contribution in [0, 0.1) is 0 Å². The van der Waals surface area contributed by atoms with Crippen molar-refractivity contribution in [2.24, 2.45) is 0 Å². The summed E-state index contributed by atoms with van der Waals surface area (Å²) < 4.78 is 5.31. The summed E-state index contributed by atoms with van der Waals surface area (Å²) in [5.41, 5.74) is 18.9. The predicted octanol–water partition coefficient (Wildman–Crippen LogP) is 16.4. The first kappa shape index (κ1) is 40.4. The van der Waals surface area contributed by atoms with Gasteiger partial charge in [-0.2, -0.15) is 0 Å². The van der Waals surface area contributed by atoms with Crippen LogP contribution in [0.4, 0.5) is 34.1 Å². The second-order valence-electron chi connectivity index (χ2n) is 20.5. The molecule has 0 radical (unpaired) electrons. The Morgan fingerprint density at radius 1 is 0.373 bits per heavy atom. The van der Waals surface area contributed by atoms with Gasteiger partial charge in [-0.05, 0) is 121 Å². The summed E-state index contributed by atoms with van der Waals surface area (Å²) in [6.45, 7) is 14.1. The van der Waals surface area contributed by atoms with Gasteiger partial charge < -0.3 is 9.80 Å². The molecule has 5 heteroatoms. The fourth-order valence-electron chi connectivity index (χ4n) is 11.0. The molecule has 11 aromatic rings. The zero-order valence-corrected chi connectivity index (χ0v) is 40.3. The molecule has 0 atom stereocenters. The van der Waals surface area contributed by atoms with Crippen molar-refractivity contribution < 1.29 is 0 Å². The van der Waals surface area contributed by atoms with Gasteiger partial charge in [-0.25, -0.2) is 0 Å². The van der Waals surface area contributed by atoms with Crippen LogP contribution in [0.2, 0.25) is 0 Å². The summed E-state index contributed by atoms with van der Waals surface area (Å²) in [4.78, 5) is 5.11. The summed E-state index contributed by atoms with van der Waals surface area (Å²) in [5, 5.41) is 5.28. The number of thiophene rings is 2. The highest BCUT2D eigenvalue weighted by atomic mass is 32.1. The van der Waals surface area contributed by atoms with E-state index in [4.69, 9.17) is 0 Å². The molecule has 0 spiro atoms. The number of nitrogens with zero attached hydrogens (tertiary/aromatic N) is 2. The standard InChI is InChI=1S/C62H49BN2S2/c1-61(2,3)40-30-32-52-50(36-40)63-51-37-41(62(4,5)6)31-33-53(51)65(43-19-12-17-39(35-43)45-23-14-25-49-47-21-8-10-29-57(47)67-60(45)49)55-27-15-26-54(58(55)63)64(52)42-18-11-16-38(34-42)44-22-13-24-48-46-20-7-9-28-56(46)66-59(44)48/h7-37H,1-6H3. The number of fused-ring (bicyclic) bond motifs is 10. The van der Waals surface area contributed by atoms with E-state index in [1.54, 1.807) is 0 Å². The highest BCUT2D eigenvalue weighted by molar-refractivity contribution is 7.26. The van der Waals surface area contributed by atoms with Crippen LogP contribution in [0.5, 0.6) is 0 Å². The zero-order valence-electron chi connectivity index (χ0n) is 38.7. The van der Waals surface area contributed by atoms with E-state index in [1.165, 1.54) is 113 Å². The van der Waals surface area contributed by atoms with Crippen molar-refractivity contribution in [3.8, 4) is 22.3 Å². The van der Waals surface area contributed by atoms with Crippen LogP contribution in [0.15, 0.2) is 188 Å². The van der Waals surface area contributed by atoms with Crippen LogP contribution in [0.25, 0.3) is 62.6 Å². The molecule has 0 aliphatic carbocycles. The predicted molar refractivity (Wildman–Crippen MR) is 295 cm³/mol. The third kappa shape index (κ3) is 6.28. The molecular formula is C62H49BN2S2. The first-order chi connectivity index (χ1) is 32.5. The van der Waals surface area contributed by atoms with E-state index in [0.29, 0.717) is 0 Å². The molecule has 2 nitrogen and oxygen atoms in total. The van der Waals surface area contributed by atoms with Crippen molar-refractivity contribution in [1.29, 1.82) is 0 Å². The Bertz CT molecular complexity index is 3580. The maximum Gasteiger partial charge on any atom is 0.252 e. The molecule has 0 saturated carbocycles. The molecule has 2 aliphatic rings. The minimum atomic E-state index is -0.0308. The maximum atomic E-state index is 2.56. The average Bonchev–Trinajstić information content (AvgIpc) is 3.92. The topological polar surface area (TPSA) is 6.48 Å².